The maximum Gasteiger partial charge on any atom is 0.276 e. The summed E-state index contributed by atoms with van der Waals surface area (Å²) in [6.07, 6.45) is 3.88. The second-order valence-corrected chi connectivity index (χ2v) is 9.17. The number of nitrogens with zero attached hydrogens (tertiary/aromatic N) is 3. The fraction of sp³-hybridized carbons (Fsp3) is 0.706. The van der Waals surface area contributed by atoms with E-state index in [-0.39, 0.29) is 36.0 Å². The number of nitrogens with one attached hydrogen (secondary N) is 1. The predicted molar refractivity (Wildman–Crippen MR) is 97.4 cm³/mol. The summed E-state index contributed by atoms with van der Waals surface area (Å²) in [5.41, 5.74) is 0.213. The maximum atomic E-state index is 12.7. The van der Waals surface area contributed by atoms with E-state index in [0.29, 0.717) is 44.7 Å². The van der Waals surface area contributed by atoms with Gasteiger partial charge in [0.25, 0.3) is 5.91 Å². The van der Waals surface area contributed by atoms with Crippen LogP contribution in [0.3, 0.4) is 0 Å². The Bertz CT molecular complexity index is 806. The number of rotatable bonds is 2. The van der Waals surface area contributed by atoms with Crippen LogP contribution in [0.2, 0.25) is 0 Å². The van der Waals surface area contributed by atoms with Crippen molar-refractivity contribution in [2.24, 2.45) is 5.92 Å². The summed E-state index contributed by atoms with van der Waals surface area (Å²) in [6.45, 7) is 3.04. The Morgan fingerprint density at radius 3 is 2.70 bits per heavy atom. The highest BCUT2D eigenvalue weighted by Gasteiger charge is 2.40. The number of fused-ring (bicyclic) bond motifs is 1. The average molecular weight is 398 g/mol. The minimum atomic E-state index is -3.45. The van der Waals surface area contributed by atoms with Crippen molar-refractivity contribution in [3.63, 3.8) is 0 Å². The van der Waals surface area contributed by atoms with E-state index in [4.69, 9.17) is 4.52 Å². The molecular weight excluding hydrogens is 372 g/mol. The van der Waals surface area contributed by atoms with Crippen molar-refractivity contribution in [3.8, 4) is 0 Å². The van der Waals surface area contributed by atoms with Gasteiger partial charge in [0.15, 0.2) is 5.69 Å². The van der Waals surface area contributed by atoms with Crippen molar-refractivity contribution in [1.29, 1.82) is 0 Å². The molecular formula is C17H26N4O5S. The van der Waals surface area contributed by atoms with E-state index < -0.39 is 10.0 Å². The van der Waals surface area contributed by atoms with Gasteiger partial charge in [0, 0.05) is 38.3 Å². The fourth-order valence-electron chi connectivity index (χ4n) is 3.98. The Kier molecular flexibility index (Phi) is 5.85. The molecule has 2 unspecified atom stereocenters. The molecule has 2 atom stereocenters. The molecule has 3 rings (SSSR count). The molecule has 0 aromatic carbocycles. The molecule has 0 spiro atoms. The summed E-state index contributed by atoms with van der Waals surface area (Å²) in [6, 6.07) is 1.26. The third-order valence-corrected chi connectivity index (χ3v) is 6.54. The van der Waals surface area contributed by atoms with Crippen molar-refractivity contribution in [3.05, 3.63) is 17.5 Å². The van der Waals surface area contributed by atoms with E-state index in [1.807, 2.05) is 0 Å². The number of aromatic nitrogens is 1. The summed E-state index contributed by atoms with van der Waals surface area (Å²) < 4.78 is 31.0. The van der Waals surface area contributed by atoms with Gasteiger partial charge in [-0.05, 0) is 26.2 Å². The maximum absolute atomic E-state index is 12.7. The predicted octanol–water partition coefficient (Wildman–Crippen LogP) is 0.375. The molecule has 0 radical (unpaired) electrons. The number of carbonyl (C=O) groups excluding carboxylic acids is 2. The molecule has 1 N–H and O–H groups in total. The molecule has 150 valence electrons. The number of amides is 2. The summed E-state index contributed by atoms with van der Waals surface area (Å²) in [7, 11) is -3.45. The van der Waals surface area contributed by atoms with Gasteiger partial charge in [0.1, 0.15) is 5.76 Å². The Labute approximate surface area is 159 Å². The van der Waals surface area contributed by atoms with Crippen LogP contribution in [0.15, 0.2) is 10.6 Å². The number of hydrogen-bond donors (Lipinski definition) is 1. The lowest BCUT2D eigenvalue weighted by Crippen LogP contribution is -2.47. The summed E-state index contributed by atoms with van der Waals surface area (Å²) in [4.78, 5) is 26.8. The van der Waals surface area contributed by atoms with Gasteiger partial charge >= 0.3 is 0 Å². The zero-order valence-corrected chi connectivity index (χ0v) is 16.5. The first kappa shape index (κ1) is 19.8. The van der Waals surface area contributed by atoms with Crippen molar-refractivity contribution in [2.75, 3.05) is 32.4 Å². The van der Waals surface area contributed by atoms with Gasteiger partial charge < -0.3 is 14.7 Å². The van der Waals surface area contributed by atoms with Crippen LogP contribution >= 0.6 is 0 Å². The van der Waals surface area contributed by atoms with Gasteiger partial charge in [0.2, 0.25) is 15.9 Å². The van der Waals surface area contributed by atoms with Gasteiger partial charge in [-0.2, -0.15) is 4.31 Å². The number of carbonyl (C=O) groups is 2. The number of aryl methyl sites for hydroxylation is 1. The zero-order valence-electron chi connectivity index (χ0n) is 15.7. The molecule has 2 heterocycles. The largest absolute Gasteiger partial charge is 0.361 e. The lowest BCUT2D eigenvalue weighted by atomic mass is 10.0. The normalized spacial score (nSPS) is 25.6. The van der Waals surface area contributed by atoms with Crippen LogP contribution in [-0.4, -0.2) is 73.1 Å². The van der Waals surface area contributed by atoms with Crippen LogP contribution in [-0.2, 0) is 14.8 Å². The van der Waals surface area contributed by atoms with Crippen LogP contribution in [0.25, 0.3) is 0 Å². The van der Waals surface area contributed by atoms with E-state index in [0.717, 1.165) is 6.42 Å². The summed E-state index contributed by atoms with van der Waals surface area (Å²) in [5.74, 6) is -0.218. The first-order valence-corrected chi connectivity index (χ1v) is 11.1. The van der Waals surface area contributed by atoms with Crippen molar-refractivity contribution >= 4 is 21.8 Å². The quantitative estimate of drug-likeness (QED) is 0.770. The molecule has 1 aliphatic carbocycles. The minimum Gasteiger partial charge on any atom is -0.361 e. The third-order valence-electron chi connectivity index (χ3n) is 5.23. The molecule has 1 aromatic heterocycles. The molecule has 10 heteroatoms. The SMILES string of the molecule is Cc1cc(C(=O)N2CCCN(S(C)(=O)=O)C3CCCC3C(=O)NCC2)no1. The van der Waals surface area contributed by atoms with Crippen molar-refractivity contribution in [2.45, 2.75) is 38.6 Å². The molecule has 27 heavy (non-hydrogen) atoms. The van der Waals surface area contributed by atoms with E-state index >= 15 is 0 Å². The average Bonchev–Trinajstić information content (AvgIpc) is 3.23. The second kappa shape index (κ2) is 7.97. The Morgan fingerprint density at radius 2 is 2.04 bits per heavy atom. The highest BCUT2D eigenvalue weighted by molar-refractivity contribution is 7.88. The molecule has 1 saturated carbocycles. The monoisotopic (exact) mass is 398 g/mol. The lowest BCUT2D eigenvalue weighted by molar-refractivity contribution is -0.125. The van der Waals surface area contributed by atoms with Crippen molar-refractivity contribution in [1.82, 2.24) is 19.7 Å². The van der Waals surface area contributed by atoms with Crippen LogP contribution in [0.1, 0.15) is 41.9 Å². The lowest BCUT2D eigenvalue weighted by Gasteiger charge is -2.30. The molecule has 2 aliphatic rings. The first-order chi connectivity index (χ1) is 12.8. The van der Waals surface area contributed by atoms with Gasteiger partial charge in [-0.25, -0.2) is 8.42 Å². The first-order valence-electron chi connectivity index (χ1n) is 9.24. The summed E-state index contributed by atoms with van der Waals surface area (Å²) in [5, 5.41) is 6.63. The smallest absolute Gasteiger partial charge is 0.276 e. The van der Waals surface area contributed by atoms with Crippen LogP contribution < -0.4 is 5.32 Å². The minimum absolute atomic E-state index is 0.141. The van der Waals surface area contributed by atoms with E-state index in [1.165, 1.54) is 10.6 Å². The molecule has 2 fully saturated rings. The van der Waals surface area contributed by atoms with E-state index in [9.17, 15) is 18.0 Å². The van der Waals surface area contributed by atoms with Crippen LogP contribution in [0.5, 0.6) is 0 Å². The Hall–Kier alpha value is -1.94. The van der Waals surface area contributed by atoms with Gasteiger partial charge in [-0.3, -0.25) is 9.59 Å². The standard InChI is InChI=1S/C17H26N4O5S/c1-12-11-14(19-26-12)17(23)20-8-4-9-21(27(2,24)25)15-6-3-5-13(15)16(22)18-7-10-20/h11,13,15H,3-10H2,1-2H3,(H,18,22). The highest BCUT2D eigenvalue weighted by Crippen LogP contribution is 2.32. The number of sulfonamides is 1. The number of hydrogen-bond acceptors (Lipinski definition) is 6. The molecule has 1 aromatic rings. The Balaban J connectivity index is 1.80. The van der Waals surface area contributed by atoms with Crippen molar-refractivity contribution < 1.29 is 22.5 Å². The van der Waals surface area contributed by atoms with Gasteiger partial charge in [0.05, 0.1) is 12.2 Å². The summed E-state index contributed by atoms with van der Waals surface area (Å²) >= 11 is 0. The highest BCUT2D eigenvalue weighted by atomic mass is 32.2. The molecule has 2 amide bonds. The van der Waals surface area contributed by atoms with E-state index in [2.05, 4.69) is 10.5 Å². The van der Waals surface area contributed by atoms with Gasteiger partial charge in [-0.1, -0.05) is 11.6 Å². The zero-order chi connectivity index (χ0) is 19.6. The third kappa shape index (κ3) is 4.49. The molecule has 1 aliphatic heterocycles. The van der Waals surface area contributed by atoms with Crippen LogP contribution in [0.4, 0.5) is 0 Å². The fourth-order valence-corrected chi connectivity index (χ4v) is 5.18. The molecule has 9 nitrogen and oxygen atoms in total. The second-order valence-electron chi connectivity index (χ2n) is 7.24. The Morgan fingerprint density at radius 1 is 1.26 bits per heavy atom. The van der Waals surface area contributed by atoms with Crippen LogP contribution in [0, 0.1) is 12.8 Å². The van der Waals surface area contributed by atoms with Gasteiger partial charge in [-0.15, -0.1) is 0 Å². The topological polar surface area (TPSA) is 113 Å². The molecule has 0 bridgehead atoms. The van der Waals surface area contributed by atoms with E-state index in [1.54, 1.807) is 17.9 Å². The molecule has 1 saturated heterocycles.